The topological polar surface area (TPSA) is 71.6 Å². The van der Waals surface area contributed by atoms with Crippen LogP contribution < -0.4 is 9.80 Å². The molecule has 0 bridgehead atoms. The smallest absolute Gasteiger partial charge is 0.277 e. The Morgan fingerprint density at radius 1 is 1.04 bits per heavy atom. The highest BCUT2D eigenvalue weighted by Gasteiger charge is 2.28. The molecule has 1 amide bonds. The van der Waals surface area contributed by atoms with Crippen LogP contribution in [0.5, 0.6) is 0 Å². The number of tetrazole rings is 1. The van der Waals surface area contributed by atoms with Crippen molar-refractivity contribution in [2.45, 2.75) is 12.8 Å². The van der Waals surface area contributed by atoms with Crippen LogP contribution in [0.1, 0.15) is 12.8 Å². The Morgan fingerprint density at radius 3 is 2.48 bits per heavy atom. The van der Waals surface area contributed by atoms with Gasteiger partial charge in [0.25, 0.3) is 11.9 Å². The van der Waals surface area contributed by atoms with Gasteiger partial charge >= 0.3 is 0 Å². The lowest BCUT2D eigenvalue weighted by molar-refractivity contribution is -0.892. The lowest BCUT2D eigenvalue weighted by Crippen LogP contribution is -3.15. The van der Waals surface area contributed by atoms with Crippen LogP contribution in [0.4, 0.5) is 5.95 Å². The Labute approximate surface area is 147 Å². The zero-order chi connectivity index (χ0) is 17.1. The molecule has 1 N–H and O–H groups in total. The summed E-state index contributed by atoms with van der Waals surface area (Å²) in [4.78, 5) is 17.9. The summed E-state index contributed by atoms with van der Waals surface area (Å²) in [5.74, 6) is 1.08. The molecule has 2 aliphatic heterocycles. The quantitative estimate of drug-likeness (QED) is 0.771. The van der Waals surface area contributed by atoms with Gasteiger partial charge in [0.15, 0.2) is 6.54 Å². The fourth-order valence-electron chi connectivity index (χ4n) is 3.61. The Morgan fingerprint density at radius 2 is 1.76 bits per heavy atom. The molecule has 2 saturated heterocycles. The van der Waals surface area contributed by atoms with Crippen molar-refractivity contribution in [3.8, 4) is 5.69 Å². The molecular formula is C17H24N7O+. The monoisotopic (exact) mass is 342 g/mol. The van der Waals surface area contributed by atoms with Gasteiger partial charge in [-0.15, -0.1) is 0 Å². The third-order valence-corrected chi connectivity index (χ3v) is 5.07. The zero-order valence-corrected chi connectivity index (χ0v) is 14.3. The van der Waals surface area contributed by atoms with Gasteiger partial charge in [0.05, 0.1) is 31.9 Å². The lowest BCUT2D eigenvalue weighted by Gasteiger charge is -2.32. The van der Waals surface area contributed by atoms with Gasteiger partial charge in [0, 0.05) is 13.1 Å². The van der Waals surface area contributed by atoms with Crippen LogP contribution >= 0.6 is 0 Å². The molecule has 2 aromatic rings. The number of nitrogens with one attached hydrogen (secondary N) is 1. The van der Waals surface area contributed by atoms with E-state index < -0.39 is 0 Å². The Balaban J connectivity index is 1.36. The average molecular weight is 342 g/mol. The molecule has 8 heteroatoms. The van der Waals surface area contributed by atoms with Gasteiger partial charge in [0.2, 0.25) is 0 Å². The predicted octanol–water partition coefficient (Wildman–Crippen LogP) is -1.01. The number of quaternary nitrogens is 1. The van der Waals surface area contributed by atoms with Crippen molar-refractivity contribution < 1.29 is 9.69 Å². The van der Waals surface area contributed by atoms with Crippen LogP contribution in [-0.2, 0) is 4.79 Å². The molecule has 132 valence electrons. The van der Waals surface area contributed by atoms with E-state index >= 15 is 0 Å². The van der Waals surface area contributed by atoms with E-state index in [1.807, 2.05) is 35.2 Å². The summed E-state index contributed by atoms with van der Waals surface area (Å²) < 4.78 is 1.78. The van der Waals surface area contributed by atoms with E-state index in [9.17, 15) is 4.79 Å². The minimum Gasteiger partial charge on any atom is -0.338 e. The number of piperazine rings is 1. The van der Waals surface area contributed by atoms with Crippen LogP contribution in [-0.4, -0.2) is 76.8 Å². The molecule has 0 saturated carbocycles. The van der Waals surface area contributed by atoms with Crippen molar-refractivity contribution in [2.24, 2.45) is 0 Å². The number of aromatic nitrogens is 4. The Hall–Kier alpha value is -2.48. The predicted molar refractivity (Wildman–Crippen MR) is 92.7 cm³/mol. The van der Waals surface area contributed by atoms with E-state index in [1.54, 1.807) is 4.68 Å². The first-order valence-corrected chi connectivity index (χ1v) is 9.01. The summed E-state index contributed by atoms with van der Waals surface area (Å²) >= 11 is 0. The Bertz CT molecular complexity index is 703. The summed E-state index contributed by atoms with van der Waals surface area (Å²) in [5.41, 5.74) is 0.960. The summed E-state index contributed by atoms with van der Waals surface area (Å²) in [5, 5.41) is 12.2. The van der Waals surface area contributed by atoms with E-state index in [4.69, 9.17) is 0 Å². The van der Waals surface area contributed by atoms with E-state index in [0.29, 0.717) is 12.5 Å². The van der Waals surface area contributed by atoms with Gasteiger partial charge < -0.3 is 14.7 Å². The molecule has 0 unspecified atom stereocenters. The second kappa shape index (κ2) is 7.18. The molecular weight excluding hydrogens is 318 g/mol. The number of likely N-dealkylation sites (tertiary alicyclic amines) is 1. The number of anilines is 1. The van der Waals surface area contributed by atoms with Crippen LogP contribution in [0.2, 0.25) is 0 Å². The van der Waals surface area contributed by atoms with Gasteiger partial charge in [-0.1, -0.05) is 23.3 Å². The molecule has 2 fully saturated rings. The maximum absolute atomic E-state index is 12.3. The second-order valence-corrected chi connectivity index (χ2v) is 6.73. The highest BCUT2D eigenvalue weighted by molar-refractivity contribution is 5.77. The summed E-state index contributed by atoms with van der Waals surface area (Å²) in [6.45, 7) is 6.06. The summed E-state index contributed by atoms with van der Waals surface area (Å²) in [6.07, 6.45) is 2.30. The van der Waals surface area contributed by atoms with Crippen LogP contribution in [0.3, 0.4) is 0 Å². The number of hydrogen-bond acceptors (Lipinski definition) is 5. The van der Waals surface area contributed by atoms with Gasteiger partial charge in [-0.25, -0.2) is 0 Å². The van der Waals surface area contributed by atoms with E-state index in [2.05, 4.69) is 20.4 Å². The summed E-state index contributed by atoms with van der Waals surface area (Å²) in [6, 6.07) is 9.93. The molecule has 0 aliphatic carbocycles. The maximum atomic E-state index is 12.3. The van der Waals surface area contributed by atoms with Crippen molar-refractivity contribution in [3.05, 3.63) is 30.3 Å². The molecule has 0 atom stereocenters. The van der Waals surface area contributed by atoms with Gasteiger partial charge in [0.1, 0.15) is 0 Å². The minimum atomic E-state index is 0.301. The van der Waals surface area contributed by atoms with Gasteiger partial charge in [-0.2, -0.15) is 4.68 Å². The van der Waals surface area contributed by atoms with Crippen molar-refractivity contribution in [1.82, 2.24) is 25.1 Å². The first kappa shape index (κ1) is 16.0. The first-order chi connectivity index (χ1) is 12.3. The van der Waals surface area contributed by atoms with Crippen molar-refractivity contribution in [2.75, 3.05) is 50.7 Å². The molecule has 2 aliphatic rings. The lowest BCUT2D eigenvalue weighted by atomic mass is 10.3. The van der Waals surface area contributed by atoms with E-state index in [-0.39, 0.29) is 0 Å². The Kier molecular flexibility index (Phi) is 4.60. The number of amides is 1. The van der Waals surface area contributed by atoms with Gasteiger partial charge in [-0.3, -0.25) is 4.79 Å². The van der Waals surface area contributed by atoms with Crippen LogP contribution in [0.25, 0.3) is 5.69 Å². The molecule has 0 spiro atoms. The van der Waals surface area contributed by atoms with Crippen molar-refractivity contribution >= 4 is 11.9 Å². The molecule has 1 aromatic heterocycles. The summed E-state index contributed by atoms with van der Waals surface area (Å²) in [7, 11) is 0. The minimum absolute atomic E-state index is 0.301. The number of benzene rings is 1. The number of rotatable bonds is 4. The fourth-order valence-corrected chi connectivity index (χ4v) is 3.61. The maximum Gasteiger partial charge on any atom is 0.277 e. The SMILES string of the molecule is O=C(C[NH+]1CCN(c2nnnn2-c2ccccc2)CC1)N1CCCC1. The van der Waals surface area contributed by atoms with Crippen LogP contribution in [0.15, 0.2) is 30.3 Å². The number of carbonyl (C=O) groups is 1. The molecule has 0 radical (unpaired) electrons. The fraction of sp³-hybridized carbons (Fsp3) is 0.529. The average Bonchev–Trinajstić information content (AvgIpc) is 3.35. The molecule has 3 heterocycles. The number of hydrogen-bond donors (Lipinski definition) is 1. The normalized spacial score (nSPS) is 18.7. The van der Waals surface area contributed by atoms with Crippen LogP contribution in [0, 0.1) is 0 Å². The largest absolute Gasteiger partial charge is 0.338 e. The highest BCUT2D eigenvalue weighted by atomic mass is 16.2. The number of carbonyl (C=O) groups excluding carboxylic acids is 1. The highest BCUT2D eigenvalue weighted by Crippen LogP contribution is 2.15. The van der Waals surface area contributed by atoms with Crippen molar-refractivity contribution in [1.29, 1.82) is 0 Å². The van der Waals surface area contributed by atoms with E-state index in [0.717, 1.165) is 63.7 Å². The second-order valence-electron chi connectivity index (χ2n) is 6.73. The molecule has 8 nitrogen and oxygen atoms in total. The molecule has 1 aromatic carbocycles. The van der Waals surface area contributed by atoms with E-state index in [1.165, 1.54) is 4.90 Å². The standard InChI is InChI=1S/C17H23N7O/c25-16(22-8-4-5-9-22)14-21-10-12-23(13-11-21)17-18-19-20-24(17)15-6-2-1-3-7-15/h1-3,6-7H,4-5,8-14H2/p+1. The first-order valence-electron chi connectivity index (χ1n) is 9.01. The zero-order valence-electron chi connectivity index (χ0n) is 14.3. The third kappa shape index (κ3) is 3.48. The number of para-hydroxylation sites is 1. The number of nitrogens with zero attached hydrogens (tertiary/aromatic N) is 6. The van der Waals surface area contributed by atoms with Crippen molar-refractivity contribution in [3.63, 3.8) is 0 Å². The third-order valence-electron chi connectivity index (χ3n) is 5.07. The molecule has 4 rings (SSSR count). The van der Waals surface area contributed by atoms with Gasteiger partial charge in [-0.05, 0) is 35.4 Å². The molecule has 25 heavy (non-hydrogen) atoms.